The molecule has 6 heteroatoms. The predicted molar refractivity (Wildman–Crippen MR) is 59.8 cm³/mol. The Kier molecular flexibility index (Phi) is 5.68. The lowest BCUT2D eigenvalue weighted by atomic mass is 10.3. The number of aliphatic hydroxyl groups is 2. The van der Waals surface area contributed by atoms with Crippen LogP contribution >= 0.6 is 0 Å². The van der Waals surface area contributed by atoms with E-state index in [1.54, 1.807) is 0 Å². The topological polar surface area (TPSA) is 98.8 Å². The molecule has 2 unspecified atom stereocenters. The number of amides is 1. The lowest BCUT2D eigenvalue weighted by Gasteiger charge is -2.19. The highest BCUT2D eigenvalue weighted by Crippen LogP contribution is 2.07. The van der Waals surface area contributed by atoms with Gasteiger partial charge >= 0.3 is 0 Å². The molecule has 0 radical (unpaired) electrons. The summed E-state index contributed by atoms with van der Waals surface area (Å²) in [6.07, 6.45) is 0.735. The van der Waals surface area contributed by atoms with Crippen LogP contribution in [0.25, 0.3) is 0 Å². The summed E-state index contributed by atoms with van der Waals surface area (Å²) in [5.74, 6) is -0.749. The molecule has 1 aliphatic rings. The van der Waals surface area contributed by atoms with Gasteiger partial charge in [0.05, 0.1) is 6.10 Å². The fourth-order valence-corrected chi connectivity index (χ4v) is 1.82. The van der Waals surface area contributed by atoms with Gasteiger partial charge in [0.25, 0.3) is 0 Å². The van der Waals surface area contributed by atoms with Crippen molar-refractivity contribution in [3.05, 3.63) is 0 Å². The Bertz CT molecular complexity index is 219. The smallest absolute Gasteiger partial charge is 0.247 e. The lowest BCUT2D eigenvalue weighted by Crippen LogP contribution is -2.42. The van der Waals surface area contributed by atoms with Crippen molar-refractivity contribution < 1.29 is 15.0 Å². The minimum absolute atomic E-state index is 0.0897. The van der Waals surface area contributed by atoms with Gasteiger partial charge in [-0.05, 0) is 25.9 Å². The van der Waals surface area contributed by atoms with Crippen molar-refractivity contribution in [2.24, 2.45) is 5.73 Å². The van der Waals surface area contributed by atoms with E-state index < -0.39 is 18.1 Å². The van der Waals surface area contributed by atoms with E-state index in [4.69, 9.17) is 10.8 Å². The van der Waals surface area contributed by atoms with Crippen LogP contribution in [0.3, 0.4) is 0 Å². The first-order chi connectivity index (χ1) is 7.59. The summed E-state index contributed by atoms with van der Waals surface area (Å²) in [5, 5.41) is 21.6. The summed E-state index contributed by atoms with van der Waals surface area (Å²) < 4.78 is 0. The third-order valence-electron chi connectivity index (χ3n) is 2.71. The van der Waals surface area contributed by atoms with Crippen LogP contribution in [0.5, 0.6) is 0 Å². The first-order valence-corrected chi connectivity index (χ1v) is 5.68. The number of aliphatic hydroxyl groups excluding tert-OH is 2. The van der Waals surface area contributed by atoms with Gasteiger partial charge in [0.1, 0.15) is 6.10 Å². The van der Waals surface area contributed by atoms with Gasteiger partial charge in [-0.2, -0.15) is 0 Å². The van der Waals surface area contributed by atoms with Gasteiger partial charge in [-0.25, -0.2) is 0 Å². The van der Waals surface area contributed by atoms with Crippen molar-refractivity contribution in [1.29, 1.82) is 0 Å². The van der Waals surface area contributed by atoms with Crippen molar-refractivity contribution >= 4 is 5.91 Å². The molecule has 1 fully saturated rings. The molecule has 1 heterocycles. The Morgan fingerprint density at radius 1 is 1.31 bits per heavy atom. The first-order valence-electron chi connectivity index (χ1n) is 5.68. The molecule has 0 saturated carbocycles. The third kappa shape index (κ3) is 4.89. The van der Waals surface area contributed by atoms with E-state index in [2.05, 4.69) is 10.2 Å². The van der Waals surface area contributed by atoms with Gasteiger partial charge in [0, 0.05) is 19.6 Å². The number of hydrogen-bond acceptors (Lipinski definition) is 5. The highest BCUT2D eigenvalue weighted by Gasteiger charge is 2.16. The van der Waals surface area contributed by atoms with Crippen molar-refractivity contribution in [3.63, 3.8) is 0 Å². The SMILES string of the molecule is NC(=O)C(O)CNCC(O)CN1CCCC1. The molecule has 6 nitrogen and oxygen atoms in total. The van der Waals surface area contributed by atoms with Crippen LogP contribution in [0.4, 0.5) is 0 Å². The van der Waals surface area contributed by atoms with Crippen molar-refractivity contribution in [3.8, 4) is 0 Å². The van der Waals surface area contributed by atoms with Gasteiger partial charge in [-0.15, -0.1) is 0 Å². The van der Waals surface area contributed by atoms with Crippen LogP contribution in [-0.4, -0.2) is 66.0 Å². The second-order valence-electron chi connectivity index (χ2n) is 4.24. The zero-order chi connectivity index (χ0) is 12.0. The maximum absolute atomic E-state index is 10.5. The van der Waals surface area contributed by atoms with Crippen LogP contribution in [0.15, 0.2) is 0 Å². The fraction of sp³-hybridized carbons (Fsp3) is 0.900. The monoisotopic (exact) mass is 231 g/mol. The maximum atomic E-state index is 10.5. The van der Waals surface area contributed by atoms with Gasteiger partial charge in [-0.3, -0.25) is 4.79 Å². The Balaban J connectivity index is 2.05. The Morgan fingerprint density at radius 3 is 2.50 bits per heavy atom. The van der Waals surface area contributed by atoms with Gasteiger partial charge in [-0.1, -0.05) is 0 Å². The second kappa shape index (κ2) is 6.80. The molecule has 0 aromatic rings. The molecule has 0 aromatic heterocycles. The molecule has 1 saturated heterocycles. The molecule has 1 rings (SSSR count). The van der Waals surface area contributed by atoms with Crippen molar-refractivity contribution in [2.45, 2.75) is 25.0 Å². The molecule has 1 amide bonds. The summed E-state index contributed by atoms with van der Waals surface area (Å²) >= 11 is 0. The predicted octanol–water partition coefficient (Wildman–Crippen LogP) is -2.12. The second-order valence-corrected chi connectivity index (χ2v) is 4.24. The number of nitrogens with two attached hydrogens (primary N) is 1. The number of carbonyl (C=O) groups excluding carboxylic acids is 1. The van der Waals surface area contributed by atoms with Crippen LogP contribution in [0.2, 0.25) is 0 Å². The molecule has 1 aliphatic heterocycles. The van der Waals surface area contributed by atoms with E-state index in [1.165, 1.54) is 12.8 Å². The number of nitrogens with one attached hydrogen (secondary N) is 1. The minimum atomic E-state index is -1.18. The number of nitrogens with zero attached hydrogens (tertiary/aromatic N) is 1. The molecular formula is C10H21N3O3. The largest absolute Gasteiger partial charge is 0.390 e. The molecule has 0 spiro atoms. The van der Waals surface area contributed by atoms with Crippen molar-refractivity contribution in [1.82, 2.24) is 10.2 Å². The Labute approximate surface area is 95.4 Å². The van der Waals surface area contributed by atoms with E-state index in [9.17, 15) is 9.90 Å². The average molecular weight is 231 g/mol. The standard InChI is InChI=1S/C10H21N3O3/c11-10(16)9(15)6-12-5-8(14)7-13-3-1-2-4-13/h8-9,12,14-15H,1-7H2,(H2,11,16). The Morgan fingerprint density at radius 2 is 1.94 bits per heavy atom. The van der Waals surface area contributed by atoms with E-state index in [0.717, 1.165) is 13.1 Å². The van der Waals surface area contributed by atoms with Crippen LogP contribution in [-0.2, 0) is 4.79 Å². The summed E-state index contributed by atoms with van der Waals surface area (Å²) in [7, 11) is 0. The summed E-state index contributed by atoms with van der Waals surface area (Å²) in [6.45, 7) is 3.18. The molecule has 0 bridgehead atoms. The van der Waals surface area contributed by atoms with Crippen LogP contribution < -0.4 is 11.1 Å². The molecule has 0 aromatic carbocycles. The molecule has 16 heavy (non-hydrogen) atoms. The lowest BCUT2D eigenvalue weighted by molar-refractivity contribution is -0.125. The van der Waals surface area contributed by atoms with Crippen LogP contribution in [0.1, 0.15) is 12.8 Å². The number of β-amino-alcohol motifs (C(OH)–C–C–N with tert-alkyl or cyclic N) is 1. The van der Waals surface area contributed by atoms with E-state index >= 15 is 0 Å². The molecule has 94 valence electrons. The number of rotatable bonds is 7. The number of hydrogen-bond donors (Lipinski definition) is 4. The van der Waals surface area contributed by atoms with Gasteiger partial charge < -0.3 is 26.2 Å². The van der Waals surface area contributed by atoms with Crippen molar-refractivity contribution in [2.75, 3.05) is 32.7 Å². The maximum Gasteiger partial charge on any atom is 0.247 e. The zero-order valence-corrected chi connectivity index (χ0v) is 9.43. The zero-order valence-electron chi connectivity index (χ0n) is 9.43. The fourth-order valence-electron chi connectivity index (χ4n) is 1.82. The van der Waals surface area contributed by atoms with Gasteiger partial charge in [0.2, 0.25) is 5.91 Å². The molecule has 0 aliphatic carbocycles. The number of carbonyl (C=O) groups is 1. The third-order valence-corrected chi connectivity index (χ3v) is 2.71. The number of primary amides is 1. The highest BCUT2D eigenvalue weighted by atomic mass is 16.3. The quantitative estimate of drug-likeness (QED) is 0.401. The van der Waals surface area contributed by atoms with E-state index in [0.29, 0.717) is 13.1 Å². The number of likely N-dealkylation sites (tertiary alicyclic amines) is 1. The molecular weight excluding hydrogens is 210 g/mol. The summed E-state index contributed by atoms with van der Waals surface area (Å²) in [5.41, 5.74) is 4.89. The highest BCUT2D eigenvalue weighted by molar-refractivity contribution is 5.78. The Hall–Kier alpha value is -0.690. The summed E-state index contributed by atoms with van der Waals surface area (Å²) in [4.78, 5) is 12.7. The van der Waals surface area contributed by atoms with E-state index in [-0.39, 0.29) is 6.54 Å². The summed E-state index contributed by atoms with van der Waals surface area (Å²) in [6, 6.07) is 0. The first kappa shape index (κ1) is 13.4. The van der Waals surface area contributed by atoms with Crippen LogP contribution in [0, 0.1) is 0 Å². The van der Waals surface area contributed by atoms with E-state index in [1.807, 2.05) is 0 Å². The molecule has 2 atom stereocenters. The normalized spacial score (nSPS) is 20.9. The minimum Gasteiger partial charge on any atom is -0.390 e. The molecule has 5 N–H and O–H groups in total. The average Bonchev–Trinajstić information content (AvgIpc) is 2.70. The van der Waals surface area contributed by atoms with Gasteiger partial charge in [0.15, 0.2) is 0 Å².